The van der Waals surface area contributed by atoms with Crippen LogP contribution >= 0.6 is 0 Å². The molecule has 0 heterocycles. The summed E-state index contributed by atoms with van der Waals surface area (Å²) in [7, 11) is 0. The smallest absolute Gasteiger partial charge is 0.416 e. The Balaban J connectivity index is 1.45. The van der Waals surface area contributed by atoms with Crippen molar-refractivity contribution in [2.45, 2.75) is 31.5 Å². The fraction of sp³-hybridized carbons (Fsp3) is 0.333. The van der Waals surface area contributed by atoms with E-state index in [2.05, 4.69) is 5.32 Å². The van der Waals surface area contributed by atoms with Gasteiger partial charge < -0.3 is 14.8 Å². The highest BCUT2D eigenvalue weighted by Gasteiger charge is 2.30. The Kier molecular flexibility index (Phi) is 6.41. The molecule has 5 nitrogen and oxygen atoms in total. The maximum atomic E-state index is 12.7. The van der Waals surface area contributed by atoms with Crippen molar-refractivity contribution in [3.63, 3.8) is 0 Å². The van der Waals surface area contributed by atoms with Gasteiger partial charge in [0.05, 0.1) is 11.6 Å². The molecule has 1 amide bonds. The van der Waals surface area contributed by atoms with E-state index in [0.717, 1.165) is 37.0 Å². The number of carbonyl (C=O) groups excluding carboxylic acids is 2. The molecule has 0 aliphatic heterocycles. The minimum Gasteiger partial charge on any atom is -0.482 e. The van der Waals surface area contributed by atoms with Gasteiger partial charge in [-0.05, 0) is 48.6 Å². The third kappa shape index (κ3) is 5.73. The quantitative estimate of drug-likeness (QED) is 0.740. The number of ether oxygens (including phenoxy) is 2. The Morgan fingerprint density at radius 1 is 1.07 bits per heavy atom. The van der Waals surface area contributed by atoms with Gasteiger partial charge in [0, 0.05) is 0 Å². The first-order valence-corrected chi connectivity index (χ1v) is 9.16. The number of halogens is 3. The fourth-order valence-corrected chi connectivity index (χ4v) is 3.23. The van der Waals surface area contributed by atoms with Crippen LogP contribution < -0.4 is 10.1 Å². The maximum Gasteiger partial charge on any atom is 0.416 e. The van der Waals surface area contributed by atoms with E-state index in [1.165, 1.54) is 17.7 Å². The normalized spacial score (nSPS) is 15.9. The van der Waals surface area contributed by atoms with Crippen LogP contribution in [0.4, 0.5) is 13.2 Å². The van der Waals surface area contributed by atoms with E-state index in [1.807, 2.05) is 24.3 Å². The third-order valence-electron chi connectivity index (χ3n) is 4.59. The Bertz CT molecular complexity index is 882. The van der Waals surface area contributed by atoms with E-state index in [1.54, 1.807) is 0 Å². The first-order chi connectivity index (χ1) is 13.8. The molecule has 154 valence electrons. The molecule has 1 atom stereocenters. The van der Waals surface area contributed by atoms with E-state index >= 15 is 0 Å². The number of esters is 1. The summed E-state index contributed by atoms with van der Waals surface area (Å²) in [4.78, 5) is 23.8. The van der Waals surface area contributed by atoms with Gasteiger partial charge in [-0.25, -0.2) is 4.79 Å². The number of fused-ring (bicyclic) bond motifs is 1. The molecule has 0 spiro atoms. The predicted molar refractivity (Wildman–Crippen MR) is 98.2 cm³/mol. The van der Waals surface area contributed by atoms with Crippen LogP contribution in [0.1, 0.15) is 35.6 Å². The highest BCUT2D eigenvalue weighted by molar-refractivity contribution is 5.81. The van der Waals surface area contributed by atoms with Gasteiger partial charge in [0.1, 0.15) is 5.75 Å². The van der Waals surface area contributed by atoms with Gasteiger partial charge in [-0.3, -0.25) is 4.79 Å². The van der Waals surface area contributed by atoms with Gasteiger partial charge in [0.2, 0.25) is 0 Å². The molecule has 2 aromatic carbocycles. The highest BCUT2D eigenvalue weighted by atomic mass is 19.4. The zero-order valence-electron chi connectivity index (χ0n) is 15.5. The average molecular weight is 407 g/mol. The lowest BCUT2D eigenvalue weighted by Gasteiger charge is -2.26. The minimum atomic E-state index is -4.50. The zero-order chi connectivity index (χ0) is 20.9. The van der Waals surface area contributed by atoms with Crippen molar-refractivity contribution in [3.05, 3.63) is 65.2 Å². The van der Waals surface area contributed by atoms with Crippen molar-refractivity contribution in [1.29, 1.82) is 0 Å². The molecule has 0 saturated carbocycles. The van der Waals surface area contributed by atoms with Gasteiger partial charge in [0.25, 0.3) is 5.91 Å². The van der Waals surface area contributed by atoms with E-state index in [0.29, 0.717) is 0 Å². The number of hydrogen-bond donors (Lipinski definition) is 1. The number of hydrogen-bond acceptors (Lipinski definition) is 4. The van der Waals surface area contributed by atoms with Crippen LogP contribution in [0.25, 0.3) is 0 Å². The number of rotatable bonds is 6. The van der Waals surface area contributed by atoms with Crippen molar-refractivity contribution >= 4 is 11.9 Å². The number of alkyl halides is 3. The second-order valence-corrected chi connectivity index (χ2v) is 6.69. The number of carbonyl (C=O) groups is 2. The van der Waals surface area contributed by atoms with Crippen molar-refractivity contribution in [1.82, 2.24) is 5.32 Å². The SMILES string of the molecule is O=C(COC(=O)COc1cccc(C(F)(F)F)c1)N[C@@H]1CCCc2ccccc21. The number of nitrogens with one attached hydrogen (secondary N) is 1. The molecule has 0 unspecified atom stereocenters. The largest absolute Gasteiger partial charge is 0.482 e. The summed E-state index contributed by atoms with van der Waals surface area (Å²) in [6, 6.07) is 11.9. The minimum absolute atomic E-state index is 0.111. The van der Waals surface area contributed by atoms with Crippen LogP contribution in [0.15, 0.2) is 48.5 Å². The fourth-order valence-electron chi connectivity index (χ4n) is 3.23. The van der Waals surface area contributed by atoms with Crippen LogP contribution in [-0.4, -0.2) is 25.1 Å². The zero-order valence-corrected chi connectivity index (χ0v) is 15.5. The molecular formula is C21H20F3NO4. The summed E-state index contributed by atoms with van der Waals surface area (Å²) in [6.07, 6.45) is -1.79. The van der Waals surface area contributed by atoms with Crippen LogP contribution in [0.3, 0.4) is 0 Å². The molecule has 3 rings (SSSR count). The molecule has 2 aromatic rings. The molecule has 0 aromatic heterocycles. The van der Waals surface area contributed by atoms with Crippen LogP contribution in [0.2, 0.25) is 0 Å². The van der Waals surface area contributed by atoms with Crippen molar-refractivity contribution in [2.24, 2.45) is 0 Å². The van der Waals surface area contributed by atoms with Gasteiger partial charge in [-0.2, -0.15) is 13.2 Å². The standard InChI is InChI=1S/C21H20F3NO4/c22-21(23,24)15-7-4-8-16(11-15)28-13-20(27)29-12-19(26)25-18-10-3-6-14-5-1-2-9-17(14)18/h1-2,4-5,7-9,11,18H,3,6,10,12-13H2,(H,25,26)/t18-/m1/s1. The van der Waals surface area contributed by atoms with E-state index in [4.69, 9.17) is 9.47 Å². The molecule has 29 heavy (non-hydrogen) atoms. The summed E-state index contributed by atoms with van der Waals surface area (Å²) in [5.41, 5.74) is 1.37. The second kappa shape index (κ2) is 8.98. The van der Waals surface area contributed by atoms with E-state index < -0.39 is 36.8 Å². The lowest BCUT2D eigenvalue weighted by atomic mass is 9.88. The highest BCUT2D eigenvalue weighted by Crippen LogP contribution is 2.31. The van der Waals surface area contributed by atoms with Crippen LogP contribution in [-0.2, 0) is 26.9 Å². The van der Waals surface area contributed by atoms with Crippen LogP contribution in [0.5, 0.6) is 5.75 Å². The lowest BCUT2D eigenvalue weighted by Crippen LogP contribution is -2.34. The van der Waals surface area contributed by atoms with E-state index in [9.17, 15) is 22.8 Å². The van der Waals surface area contributed by atoms with Gasteiger partial charge in [-0.1, -0.05) is 30.3 Å². The summed E-state index contributed by atoms with van der Waals surface area (Å²) >= 11 is 0. The summed E-state index contributed by atoms with van der Waals surface area (Å²) in [6.45, 7) is -1.08. The summed E-state index contributed by atoms with van der Waals surface area (Å²) in [5, 5.41) is 2.85. The Hall–Kier alpha value is -3.03. The molecule has 8 heteroatoms. The summed E-state index contributed by atoms with van der Waals surface area (Å²) in [5.74, 6) is -1.40. The number of benzene rings is 2. The molecule has 0 radical (unpaired) electrons. The van der Waals surface area contributed by atoms with Gasteiger partial charge in [-0.15, -0.1) is 0 Å². The van der Waals surface area contributed by atoms with Gasteiger partial charge >= 0.3 is 12.1 Å². The van der Waals surface area contributed by atoms with E-state index in [-0.39, 0.29) is 11.8 Å². The lowest BCUT2D eigenvalue weighted by molar-refractivity contribution is -0.150. The van der Waals surface area contributed by atoms with Gasteiger partial charge in [0.15, 0.2) is 13.2 Å². The Labute approximate surface area is 165 Å². The summed E-state index contributed by atoms with van der Waals surface area (Å²) < 4.78 is 47.9. The topological polar surface area (TPSA) is 64.6 Å². The Morgan fingerprint density at radius 3 is 2.66 bits per heavy atom. The van der Waals surface area contributed by atoms with Crippen molar-refractivity contribution < 1.29 is 32.2 Å². The van der Waals surface area contributed by atoms with Crippen LogP contribution in [0, 0.1) is 0 Å². The molecule has 1 aliphatic rings. The molecule has 1 N–H and O–H groups in total. The monoisotopic (exact) mass is 407 g/mol. The number of aryl methyl sites for hydroxylation is 1. The average Bonchev–Trinajstić information content (AvgIpc) is 2.70. The molecule has 0 bridgehead atoms. The molecule has 0 saturated heterocycles. The third-order valence-corrected chi connectivity index (χ3v) is 4.59. The second-order valence-electron chi connectivity index (χ2n) is 6.69. The van der Waals surface area contributed by atoms with Crippen molar-refractivity contribution in [2.75, 3.05) is 13.2 Å². The first-order valence-electron chi connectivity index (χ1n) is 9.16. The Morgan fingerprint density at radius 2 is 1.86 bits per heavy atom. The van der Waals surface area contributed by atoms with Crippen molar-refractivity contribution in [3.8, 4) is 5.75 Å². The molecule has 1 aliphatic carbocycles. The molecular weight excluding hydrogens is 387 g/mol. The molecule has 0 fully saturated rings. The first kappa shape index (κ1) is 20.7. The number of amides is 1. The maximum absolute atomic E-state index is 12.7. The predicted octanol–water partition coefficient (Wildman–Crippen LogP) is 3.82.